The van der Waals surface area contributed by atoms with Crippen molar-refractivity contribution in [3.05, 3.63) is 65.4 Å². The summed E-state index contributed by atoms with van der Waals surface area (Å²) in [7, 11) is 0. The minimum absolute atomic E-state index is 0.106. The number of carbonyl (C=O) groups is 1. The van der Waals surface area contributed by atoms with Crippen LogP contribution in [0.2, 0.25) is 0 Å². The highest BCUT2D eigenvalue weighted by atomic mass is 16.5. The topological polar surface area (TPSA) is 87.7 Å². The molecule has 1 amide bonds. The number of phenols is 1. The molecule has 0 radical (unpaired) electrons. The van der Waals surface area contributed by atoms with E-state index in [0.717, 1.165) is 23.3 Å². The van der Waals surface area contributed by atoms with Crippen molar-refractivity contribution in [2.24, 2.45) is 0 Å². The van der Waals surface area contributed by atoms with Gasteiger partial charge in [0.15, 0.2) is 0 Å². The molecule has 0 aliphatic carbocycles. The van der Waals surface area contributed by atoms with Gasteiger partial charge < -0.3 is 19.5 Å². The fourth-order valence-electron chi connectivity index (χ4n) is 4.15. The first-order chi connectivity index (χ1) is 15.5. The van der Waals surface area contributed by atoms with Gasteiger partial charge in [-0.25, -0.2) is 0 Å². The number of fused-ring (bicyclic) bond motifs is 1. The second kappa shape index (κ2) is 9.44. The average molecular weight is 436 g/mol. The standard InChI is InChI=1S/C25H29N3O4/c1-4-31-18-10-7-9-17(15-18)24-21-22(19-11-5-6-12-20(19)29)26-27-23(21)25(30)28(24)13-8-14-32-16(2)3/h5-7,9-12,15-16,24,29H,4,8,13-14H2,1-3H3,(H,26,27)/t24-/m0/s1. The molecule has 0 bridgehead atoms. The van der Waals surface area contributed by atoms with E-state index in [0.29, 0.717) is 36.7 Å². The lowest BCUT2D eigenvalue weighted by atomic mass is 9.95. The number of hydrogen-bond donors (Lipinski definition) is 2. The molecule has 7 nitrogen and oxygen atoms in total. The van der Waals surface area contributed by atoms with E-state index in [9.17, 15) is 9.90 Å². The Labute approximate surface area is 188 Å². The van der Waals surface area contributed by atoms with Gasteiger partial charge in [0.1, 0.15) is 22.9 Å². The Balaban J connectivity index is 1.76. The molecule has 1 atom stereocenters. The Hall–Kier alpha value is -3.32. The highest BCUT2D eigenvalue weighted by Gasteiger charge is 2.42. The molecule has 4 rings (SSSR count). The number of hydrogen-bond acceptors (Lipinski definition) is 5. The van der Waals surface area contributed by atoms with Crippen molar-refractivity contribution in [2.75, 3.05) is 19.8 Å². The number of para-hydroxylation sites is 1. The van der Waals surface area contributed by atoms with Crippen molar-refractivity contribution in [3.63, 3.8) is 0 Å². The van der Waals surface area contributed by atoms with E-state index < -0.39 is 0 Å². The van der Waals surface area contributed by atoms with E-state index >= 15 is 0 Å². The van der Waals surface area contributed by atoms with Crippen LogP contribution in [0.4, 0.5) is 0 Å². The molecule has 1 aliphatic rings. The third-order valence-corrected chi connectivity index (χ3v) is 5.50. The Bertz CT molecular complexity index is 1090. The van der Waals surface area contributed by atoms with Crippen LogP contribution in [0.5, 0.6) is 11.5 Å². The molecule has 3 aromatic rings. The van der Waals surface area contributed by atoms with Crippen LogP contribution in [0.3, 0.4) is 0 Å². The number of benzene rings is 2. The van der Waals surface area contributed by atoms with Crippen molar-refractivity contribution < 1.29 is 19.4 Å². The quantitative estimate of drug-likeness (QED) is 0.482. The molecular formula is C25H29N3O4. The van der Waals surface area contributed by atoms with Gasteiger partial charge in [-0.15, -0.1) is 0 Å². The maximum atomic E-state index is 13.4. The highest BCUT2D eigenvalue weighted by Crippen LogP contribution is 2.44. The molecular weight excluding hydrogens is 406 g/mol. The van der Waals surface area contributed by atoms with Crippen molar-refractivity contribution in [2.45, 2.75) is 39.3 Å². The fourth-order valence-corrected chi connectivity index (χ4v) is 4.15. The Morgan fingerprint density at radius 2 is 2.00 bits per heavy atom. The maximum absolute atomic E-state index is 13.4. The predicted octanol–water partition coefficient (Wildman–Crippen LogP) is 4.54. The molecule has 0 spiro atoms. The summed E-state index contributed by atoms with van der Waals surface area (Å²) in [5, 5.41) is 17.8. The maximum Gasteiger partial charge on any atom is 0.273 e. The van der Waals surface area contributed by atoms with E-state index in [-0.39, 0.29) is 23.8 Å². The van der Waals surface area contributed by atoms with E-state index in [1.807, 2.05) is 62.1 Å². The van der Waals surface area contributed by atoms with Crippen LogP contribution in [-0.4, -0.2) is 52.0 Å². The highest BCUT2D eigenvalue weighted by molar-refractivity contribution is 6.00. The van der Waals surface area contributed by atoms with Gasteiger partial charge >= 0.3 is 0 Å². The Morgan fingerprint density at radius 1 is 1.19 bits per heavy atom. The lowest BCUT2D eigenvalue weighted by molar-refractivity contribution is 0.0601. The number of H-pyrrole nitrogens is 1. The van der Waals surface area contributed by atoms with Gasteiger partial charge in [-0.05, 0) is 57.0 Å². The van der Waals surface area contributed by atoms with Gasteiger partial charge in [0.25, 0.3) is 5.91 Å². The summed E-state index contributed by atoms with van der Waals surface area (Å²) in [5.74, 6) is 0.770. The molecule has 2 heterocycles. The number of aromatic amines is 1. The van der Waals surface area contributed by atoms with Crippen molar-refractivity contribution in [3.8, 4) is 22.8 Å². The number of amides is 1. The van der Waals surface area contributed by atoms with Crippen LogP contribution in [0, 0.1) is 0 Å². The van der Waals surface area contributed by atoms with Crippen LogP contribution < -0.4 is 4.74 Å². The third kappa shape index (κ3) is 4.21. The number of aromatic hydroxyl groups is 1. The second-order valence-electron chi connectivity index (χ2n) is 8.06. The van der Waals surface area contributed by atoms with E-state index in [2.05, 4.69) is 10.2 Å². The van der Waals surface area contributed by atoms with Crippen molar-refractivity contribution in [1.29, 1.82) is 0 Å². The zero-order valence-electron chi connectivity index (χ0n) is 18.7. The normalized spacial score (nSPS) is 15.4. The molecule has 1 aliphatic heterocycles. The zero-order chi connectivity index (χ0) is 22.7. The van der Waals surface area contributed by atoms with Gasteiger partial charge in [0.05, 0.1) is 18.8 Å². The number of nitrogens with one attached hydrogen (secondary N) is 1. The van der Waals surface area contributed by atoms with Gasteiger partial charge in [0.2, 0.25) is 0 Å². The first-order valence-electron chi connectivity index (χ1n) is 11.0. The molecule has 0 unspecified atom stereocenters. The summed E-state index contributed by atoms with van der Waals surface area (Å²) in [4.78, 5) is 15.2. The summed E-state index contributed by atoms with van der Waals surface area (Å²) in [5.41, 5.74) is 3.34. The van der Waals surface area contributed by atoms with Gasteiger partial charge in [-0.2, -0.15) is 5.10 Å². The summed E-state index contributed by atoms with van der Waals surface area (Å²) >= 11 is 0. The Morgan fingerprint density at radius 3 is 2.75 bits per heavy atom. The summed E-state index contributed by atoms with van der Waals surface area (Å²) < 4.78 is 11.4. The van der Waals surface area contributed by atoms with Crippen LogP contribution in [0.15, 0.2) is 48.5 Å². The van der Waals surface area contributed by atoms with E-state index in [1.54, 1.807) is 12.1 Å². The number of nitrogens with zero attached hydrogens (tertiary/aromatic N) is 2. The molecule has 2 aromatic carbocycles. The molecule has 7 heteroatoms. The number of phenolic OH excluding ortho intramolecular Hbond substituents is 1. The molecule has 0 saturated heterocycles. The number of ether oxygens (including phenoxy) is 2. The Kier molecular flexibility index (Phi) is 6.46. The van der Waals surface area contributed by atoms with Gasteiger partial charge in [-0.1, -0.05) is 24.3 Å². The second-order valence-corrected chi connectivity index (χ2v) is 8.06. The first kappa shape index (κ1) is 21.9. The van der Waals surface area contributed by atoms with E-state index in [4.69, 9.17) is 9.47 Å². The summed E-state index contributed by atoms with van der Waals surface area (Å²) in [6.07, 6.45) is 0.863. The van der Waals surface area contributed by atoms with Crippen LogP contribution in [0.25, 0.3) is 11.3 Å². The summed E-state index contributed by atoms with van der Waals surface area (Å²) in [6, 6.07) is 14.5. The number of aromatic nitrogens is 2. The van der Waals surface area contributed by atoms with E-state index in [1.165, 1.54) is 0 Å². The van der Waals surface area contributed by atoms with Crippen LogP contribution >= 0.6 is 0 Å². The average Bonchev–Trinajstić information content (AvgIpc) is 3.31. The molecule has 32 heavy (non-hydrogen) atoms. The molecule has 168 valence electrons. The monoisotopic (exact) mass is 435 g/mol. The van der Waals surface area contributed by atoms with Crippen molar-refractivity contribution in [1.82, 2.24) is 15.1 Å². The molecule has 2 N–H and O–H groups in total. The SMILES string of the molecule is CCOc1cccc([C@H]2c3c(-c4ccccc4O)n[nH]c3C(=O)N2CCCOC(C)C)c1. The smallest absolute Gasteiger partial charge is 0.273 e. The molecule has 0 saturated carbocycles. The van der Waals surface area contributed by atoms with Crippen LogP contribution in [-0.2, 0) is 4.74 Å². The number of carbonyl (C=O) groups excluding carboxylic acids is 1. The van der Waals surface area contributed by atoms with Crippen LogP contribution in [0.1, 0.15) is 54.8 Å². The van der Waals surface area contributed by atoms with Crippen molar-refractivity contribution >= 4 is 5.91 Å². The fraction of sp³-hybridized carbons (Fsp3) is 0.360. The van der Waals surface area contributed by atoms with Gasteiger partial charge in [-0.3, -0.25) is 9.89 Å². The lowest BCUT2D eigenvalue weighted by Crippen LogP contribution is -2.31. The largest absolute Gasteiger partial charge is 0.507 e. The third-order valence-electron chi connectivity index (χ3n) is 5.50. The zero-order valence-corrected chi connectivity index (χ0v) is 18.7. The number of rotatable bonds is 9. The minimum atomic E-state index is -0.342. The minimum Gasteiger partial charge on any atom is -0.507 e. The molecule has 0 fully saturated rings. The predicted molar refractivity (Wildman–Crippen MR) is 122 cm³/mol. The lowest BCUT2D eigenvalue weighted by Gasteiger charge is -2.27. The van der Waals surface area contributed by atoms with Gasteiger partial charge in [0, 0.05) is 24.3 Å². The first-order valence-corrected chi connectivity index (χ1v) is 11.0. The summed E-state index contributed by atoms with van der Waals surface area (Å²) in [6.45, 7) is 7.61. The molecule has 1 aromatic heterocycles.